The number of piperidine rings is 1. The summed E-state index contributed by atoms with van der Waals surface area (Å²) in [6.07, 6.45) is 5.96. The van der Waals surface area contributed by atoms with E-state index in [9.17, 15) is 14.4 Å². The first-order chi connectivity index (χ1) is 14.8. The van der Waals surface area contributed by atoms with Gasteiger partial charge in [-0.3, -0.25) is 14.6 Å². The van der Waals surface area contributed by atoms with Crippen molar-refractivity contribution < 1.29 is 19.1 Å². The molecular formula is C23H28N4O4. The Morgan fingerprint density at radius 3 is 2.55 bits per heavy atom. The predicted octanol–water partition coefficient (Wildman–Crippen LogP) is 2.73. The number of likely N-dealkylation sites (tertiary alicyclic amines) is 1. The fourth-order valence-corrected chi connectivity index (χ4v) is 3.67. The molecule has 2 N–H and O–H groups in total. The molecule has 1 saturated heterocycles. The van der Waals surface area contributed by atoms with E-state index in [1.807, 2.05) is 24.3 Å². The van der Waals surface area contributed by atoms with Crippen LogP contribution in [0.4, 0.5) is 4.79 Å². The number of hydrogen-bond acceptors (Lipinski definition) is 5. The van der Waals surface area contributed by atoms with Crippen molar-refractivity contribution in [2.24, 2.45) is 11.7 Å². The summed E-state index contributed by atoms with van der Waals surface area (Å²) < 4.78 is 5.34. The number of primary amides is 1. The van der Waals surface area contributed by atoms with Gasteiger partial charge in [0, 0.05) is 38.9 Å². The van der Waals surface area contributed by atoms with Gasteiger partial charge in [-0.1, -0.05) is 12.1 Å². The molecule has 1 fully saturated rings. The molecule has 1 aliphatic rings. The monoisotopic (exact) mass is 424 g/mol. The summed E-state index contributed by atoms with van der Waals surface area (Å²) in [5.41, 5.74) is 7.28. The zero-order valence-electron chi connectivity index (χ0n) is 17.9. The Hall–Kier alpha value is -3.42. The normalized spacial score (nSPS) is 14.2. The van der Waals surface area contributed by atoms with E-state index in [2.05, 4.69) is 4.98 Å². The lowest BCUT2D eigenvalue weighted by Gasteiger charge is -2.31. The molecular weight excluding hydrogens is 396 g/mol. The predicted molar refractivity (Wildman–Crippen MR) is 116 cm³/mol. The van der Waals surface area contributed by atoms with Crippen LogP contribution < -0.4 is 10.5 Å². The summed E-state index contributed by atoms with van der Waals surface area (Å²) in [7, 11) is 3.50. The van der Waals surface area contributed by atoms with Crippen LogP contribution in [0.15, 0.2) is 42.7 Å². The van der Waals surface area contributed by atoms with Crippen LogP contribution in [0.2, 0.25) is 0 Å². The van der Waals surface area contributed by atoms with Gasteiger partial charge in [0.15, 0.2) is 5.75 Å². The standard InChI is InChI=1S/C23H28N4O4/c1-26(2)22(29)18-5-3-4-17(12-18)7-6-16-8-10-27(11-9-16)23(30)31-20-13-19(21(24)28)14-25-15-20/h3-5,12-16H,6-11H2,1-2H3,(H2,24,28). The molecule has 8 heteroatoms. The van der Waals surface area contributed by atoms with Crippen LogP contribution in [0.1, 0.15) is 45.5 Å². The molecule has 8 nitrogen and oxygen atoms in total. The molecule has 164 valence electrons. The number of hydrogen-bond donors (Lipinski definition) is 1. The van der Waals surface area contributed by atoms with Gasteiger partial charge in [-0.2, -0.15) is 0 Å². The van der Waals surface area contributed by atoms with E-state index in [1.165, 1.54) is 18.5 Å². The minimum atomic E-state index is -0.622. The number of carbonyl (C=O) groups is 3. The fourth-order valence-electron chi connectivity index (χ4n) is 3.67. The molecule has 2 heterocycles. The topological polar surface area (TPSA) is 106 Å². The quantitative estimate of drug-likeness (QED) is 0.767. The van der Waals surface area contributed by atoms with Gasteiger partial charge in [-0.25, -0.2) is 4.79 Å². The zero-order chi connectivity index (χ0) is 22.4. The van der Waals surface area contributed by atoms with Crippen molar-refractivity contribution in [2.75, 3.05) is 27.2 Å². The van der Waals surface area contributed by atoms with E-state index < -0.39 is 12.0 Å². The van der Waals surface area contributed by atoms with Crippen LogP contribution in [-0.2, 0) is 6.42 Å². The Bertz CT molecular complexity index is 952. The molecule has 0 aliphatic carbocycles. The minimum absolute atomic E-state index is 0.00485. The van der Waals surface area contributed by atoms with Crippen LogP contribution >= 0.6 is 0 Å². The first-order valence-corrected chi connectivity index (χ1v) is 10.4. The maximum Gasteiger partial charge on any atom is 0.415 e. The largest absolute Gasteiger partial charge is 0.415 e. The maximum absolute atomic E-state index is 12.4. The highest BCUT2D eigenvalue weighted by molar-refractivity contribution is 5.94. The highest BCUT2D eigenvalue weighted by Gasteiger charge is 2.24. The fraction of sp³-hybridized carbons (Fsp3) is 0.391. The van der Waals surface area contributed by atoms with Gasteiger partial charge >= 0.3 is 6.09 Å². The first kappa shape index (κ1) is 22.3. The second-order valence-electron chi connectivity index (χ2n) is 8.01. The van der Waals surface area contributed by atoms with Gasteiger partial charge in [-0.05, 0) is 55.4 Å². The lowest BCUT2D eigenvalue weighted by Crippen LogP contribution is -2.40. The molecule has 1 aromatic carbocycles. The van der Waals surface area contributed by atoms with E-state index >= 15 is 0 Å². The molecule has 0 bridgehead atoms. The van der Waals surface area contributed by atoms with Gasteiger partial charge in [0.25, 0.3) is 5.91 Å². The Kier molecular flexibility index (Phi) is 7.23. The highest BCUT2D eigenvalue weighted by Crippen LogP contribution is 2.24. The molecule has 3 rings (SSSR count). The third kappa shape index (κ3) is 6.04. The van der Waals surface area contributed by atoms with Gasteiger partial charge in [0.2, 0.25) is 5.91 Å². The molecule has 1 aliphatic heterocycles. The van der Waals surface area contributed by atoms with Crippen molar-refractivity contribution in [3.05, 3.63) is 59.4 Å². The number of nitrogens with two attached hydrogens (primary N) is 1. The lowest BCUT2D eigenvalue weighted by molar-refractivity contribution is 0.0827. The summed E-state index contributed by atoms with van der Waals surface area (Å²) >= 11 is 0. The summed E-state index contributed by atoms with van der Waals surface area (Å²) in [4.78, 5) is 42.9. The van der Waals surface area contributed by atoms with Crippen molar-refractivity contribution in [2.45, 2.75) is 25.7 Å². The number of benzene rings is 1. The zero-order valence-corrected chi connectivity index (χ0v) is 17.9. The van der Waals surface area contributed by atoms with Gasteiger partial charge in [0.1, 0.15) is 0 Å². The number of aromatic nitrogens is 1. The highest BCUT2D eigenvalue weighted by atomic mass is 16.6. The summed E-state index contributed by atoms with van der Waals surface area (Å²) in [6, 6.07) is 9.18. The number of aryl methyl sites for hydroxylation is 1. The van der Waals surface area contributed by atoms with Crippen LogP contribution in [0.3, 0.4) is 0 Å². The molecule has 1 aromatic heterocycles. The van der Waals surface area contributed by atoms with Crippen molar-refractivity contribution in [1.29, 1.82) is 0 Å². The molecule has 0 saturated carbocycles. The van der Waals surface area contributed by atoms with E-state index in [-0.39, 0.29) is 17.2 Å². The maximum atomic E-state index is 12.4. The molecule has 0 radical (unpaired) electrons. The number of amides is 3. The van der Waals surface area contributed by atoms with Crippen LogP contribution in [-0.4, -0.2) is 59.9 Å². The lowest BCUT2D eigenvalue weighted by atomic mass is 9.90. The number of pyridine rings is 1. The van der Waals surface area contributed by atoms with Crippen LogP contribution in [0, 0.1) is 5.92 Å². The average molecular weight is 425 g/mol. The molecule has 2 aromatic rings. The Labute approximate surface area is 182 Å². The average Bonchev–Trinajstić information content (AvgIpc) is 2.77. The third-order valence-electron chi connectivity index (χ3n) is 5.50. The molecule has 31 heavy (non-hydrogen) atoms. The number of carbonyl (C=O) groups excluding carboxylic acids is 3. The summed E-state index contributed by atoms with van der Waals surface area (Å²) in [6.45, 7) is 1.23. The van der Waals surface area contributed by atoms with Crippen molar-refractivity contribution >= 4 is 17.9 Å². The van der Waals surface area contributed by atoms with E-state index in [4.69, 9.17) is 10.5 Å². The minimum Gasteiger partial charge on any atom is -0.409 e. The molecule has 0 atom stereocenters. The Balaban J connectivity index is 1.47. The Morgan fingerprint density at radius 1 is 1.13 bits per heavy atom. The number of nitrogens with zero attached hydrogens (tertiary/aromatic N) is 3. The second-order valence-corrected chi connectivity index (χ2v) is 8.01. The van der Waals surface area contributed by atoms with Gasteiger partial charge < -0.3 is 20.3 Å². The van der Waals surface area contributed by atoms with E-state index in [0.29, 0.717) is 24.6 Å². The molecule has 3 amide bonds. The van der Waals surface area contributed by atoms with Crippen molar-refractivity contribution in [3.63, 3.8) is 0 Å². The summed E-state index contributed by atoms with van der Waals surface area (Å²) in [5.74, 6) is 0.0979. The first-order valence-electron chi connectivity index (χ1n) is 10.4. The second kappa shape index (κ2) is 10.1. The van der Waals surface area contributed by atoms with Crippen molar-refractivity contribution in [3.8, 4) is 5.75 Å². The number of ether oxygens (including phenoxy) is 1. The Morgan fingerprint density at radius 2 is 1.87 bits per heavy atom. The third-order valence-corrected chi connectivity index (χ3v) is 5.50. The smallest absolute Gasteiger partial charge is 0.409 e. The summed E-state index contributed by atoms with van der Waals surface area (Å²) in [5, 5.41) is 0. The molecule has 0 spiro atoms. The van der Waals surface area contributed by atoms with Crippen LogP contribution in [0.5, 0.6) is 5.75 Å². The van der Waals surface area contributed by atoms with Gasteiger partial charge in [0.05, 0.1) is 11.8 Å². The molecule has 0 unspecified atom stereocenters. The SMILES string of the molecule is CN(C)C(=O)c1cccc(CCC2CCN(C(=O)Oc3cncc(C(N)=O)c3)CC2)c1. The van der Waals surface area contributed by atoms with Crippen molar-refractivity contribution in [1.82, 2.24) is 14.8 Å². The van der Waals surface area contributed by atoms with Gasteiger partial charge in [-0.15, -0.1) is 0 Å². The van der Waals surface area contributed by atoms with Crippen LogP contribution in [0.25, 0.3) is 0 Å². The number of rotatable bonds is 6. The van der Waals surface area contributed by atoms with E-state index in [1.54, 1.807) is 23.9 Å². The van der Waals surface area contributed by atoms with E-state index in [0.717, 1.165) is 31.2 Å².